The Morgan fingerprint density at radius 3 is 2.78 bits per heavy atom. The van der Waals surface area contributed by atoms with Gasteiger partial charge in [-0.05, 0) is 32.2 Å². The van der Waals surface area contributed by atoms with Gasteiger partial charge in [-0.3, -0.25) is 4.68 Å². The van der Waals surface area contributed by atoms with Gasteiger partial charge in [0.15, 0.2) is 5.96 Å². The van der Waals surface area contributed by atoms with E-state index in [2.05, 4.69) is 32.6 Å². The van der Waals surface area contributed by atoms with Crippen molar-refractivity contribution in [3.63, 3.8) is 0 Å². The third kappa shape index (κ3) is 5.32. The smallest absolute Gasteiger partial charge is 0.236 e. The molecular weight excluding hydrogens is 475 g/mol. The van der Waals surface area contributed by atoms with Crippen molar-refractivity contribution >= 4 is 41.3 Å². The normalized spacial score (nSPS) is 11.3. The van der Waals surface area contributed by atoms with Gasteiger partial charge in [0.1, 0.15) is 6.26 Å². The summed E-state index contributed by atoms with van der Waals surface area (Å²) < 4.78 is 7.44. The molecule has 3 aromatic rings. The van der Waals surface area contributed by atoms with E-state index in [0.717, 1.165) is 40.0 Å². The van der Waals surface area contributed by atoms with Gasteiger partial charge in [0.25, 0.3) is 0 Å². The summed E-state index contributed by atoms with van der Waals surface area (Å²) in [5.74, 6) is 1.40. The summed E-state index contributed by atoms with van der Waals surface area (Å²) in [6, 6.07) is 3.98. The zero-order chi connectivity index (χ0) is 18.5. The SMILES string of the molecule is CCNC(=NCc1c(C)nn(C)c1C)NCc1coc(-c2cccs2)n1.I. The van der Waals surface area contributed by atoms with Crippen LogP contribution in [0.15, 0.2) is 33.2 Å². The van der Waals surface area contributed by atoms with Crippen molar-refractivity contribution in [3.8, 4) is 10.8 Å². The fraction of sp³-hybridized carbons (Fsp3) is 0.389. The third-order valence-electron chi connectivity index (χ3n) is 4.12. The lowest BCUT2D eigenvalue weighted by atomic mass is 10.2. The first-order valence-corrected chi connectivity index (χ1v) is 9.46. The number of hydrogen-bond acceptors (Lipinski definition) is 5. The van der Waals surface area contributed by atoms with E-state index < -0.39 is 0 Å². The van der Waals surface area contributed by atoms with Gasteiger partial charge >= 0.3 is 0 Å². The van der Waals surface area contributed by atoms with Crippen LogP contribution in [0.5, 0.6) is 0 Å². The molecule has 3 rings (SSSR count). The van der Waals surface area contributed by atoms with E-state index in [9.17, 15) is 0 Å². The number of thiophene rings is 1. The minimum Gasteiger partial charge on any atom is -0.443 e. The van der Waals surface area contributed by atoms with Crippen LogP contribution in [0, 0.1) is 13.8 Å². The van der Waals surface area contributed by atoms with Gasteiger partial charge in [0, 0.05) is 24.8 Å². The number of oxazole rings is 1. The molecule has 7 nitrogen and oxygen atoms in total. The molecule has 0 saturated heterocycles. The Labute approximate surface area is 180 Å². The number of aliphatic imine (C=N–C) groups is 1. The van der Waals surface area contributed by atoms with Crippen molar-refractivity contribution in [2.24, 2.45) is 12.0 Å². The molecule has 0 amide bonds. The van der Waals surface area contributed by atoms with Crippen LogP contribution in [0.3, 0.4) is 0 Å². The molecule has 0 aromatic carbocycles. The largest absolute Gasteiger partial charge is 0.443 e. The van der Waals surface area contributed by atoms with Crippen molar-refractivity contribution in [2.75, 3.05) is 6.54 Å². The first-order valence-electron chi connectivity index (χ1n) is 8.58. The van der Waals surface area contributed by atoms with Crippen molar-refractivity contribution in [3.05, 3.63) is 46.4 Å². The third-order valence-corrected chi connectivity index (χ3v) is 4.98. The van der Waals surface area contributed by atoms with Crippen molar-refractivity contribution in [2.45, 2.75) is 33.9 Å². The van der Waals surface area contributed by atoms with Crippen LogP contribution in [0.25, 0.3) is 10.8 Å². The predicted molar refractivity (Wildman–Crippen MR) is 120 cm³/mol. The van der Waals surface area contributed by atoms with Crippen LogP contribution in [0.4, 0.5) is 0 Å². The maximum absolute atomic E-state index is 5.55. The summed E-state index contributed by atoms with van der Waals surface area (Å²) in [6.07, 6.45) is 1.68. The standard InChI is InChI=1S/C18H24N6OS.HI/c1-5-19-18(21-10-15-12(2)23-24(4)13(15)3)20-9-14-11-25-17(22-14)16-7-6-8-26-16;/h6-8,11H,5,9-10H2,1-4H3,(H2,19,20,21);1H. The molecule has 0 spiro atoms. The summed E-state index contributed by atoms with van der Waals surface area (Å²) in [4.78, 5) is 10.2. The van der Waals surface area contributed by atoms with Gasteiger partial charge in [0.05, 0.1) is 29.4 Å². The van der Waals surface area contributed by atoms with E-state index in [-0.39, 0.29) is 24.0 Å². The number of halogens is 1. The Hall–Kier alpha value is -1.88. The lowest BCUT2D eigenvalue weighted by Gasteiger charge is -2.10. The fourth-order valence-electron chi connectivity index (χ4n) is 2.62. The highest BCUT2D eigenvalue weighted by molar-refractivity contribution is 14.0. The molecule has 3 heterocycles. The molecular formula is C18H25IN6OS. The number of guanidine groups is 1. The summed E-state index contributed by atoms with van der Waals surface area (Å²) in [7, 11) is 1.95. The predicted octanol–water partition coefficient (Wildman–Crippen LogP) is 3.63. The van der Waals surface area contributed by atoms with Crippen LogP contribution in [0.2, 0.25) is 0 Å². The van der Waals surface area contributed by atoms with Crippen molar-refractivity contribution in [1.29, 1.82) is 0 Å². The first-order chi connectivity index (χ1) is 12.6. The molecule has 3 aromatic heterocycles. The minimum atomic E-state index is 0. The Kier molecular flexibility index (Phi) is 7.84. The fourth-order valence-corrected chi connectivity index (χ4v) is 3.28. The molecule has 0 aliphatic heterocycles. The zero-order valence-electron chi connectivity index (χ0n) is 15.9. The topological polar surface area (TPSA) is 80.3 Å². The minimum absolute atomic E-state index is 0. The Morgan fingerprint density at radius 2 is 2.15 bits per heavy atom. The van der Waals surface area contributed by atoms with Gasteiger partial charge in [-0.2, -0.15) is 5.10 Å². The summed E-state index contributed by atoms with van der Waals surface area (Å²) >= 11 is 1.61. The summed E-state index contributed by atoms with van der Waals surface area (Å²) in [6.45, 7) is 8.04. The number of nitrogens with one attached hydrogen (secondary N) is 2. The van der Waals surface area contributed by atoms with E-state index in [1.807, 2.05) is 43.1 Å². The molecule has 0 aliphatic rings. The highest BCUT2D eigenvalue weighted by atomic mass is 127. The molecule has 0 unspecified atom stereocenters. The van der Waals surface area contributed by atoms with Crippen molar-refractivity contribution in [1.82, 2.24) is 25.4 Å². The van der Waals surface area contributed by atoms with Crippen molar-refractivity contribution < 1.29 is 4.42 Å². The highest BCUT2D eigenvalue weighted by Crippen LogP contribution is 2.23. The number of nitrogens with zero attached hydrogens (tertiary/aromatic N) is 4. The number of aromatic nitrogens is 3. The zero-order valence-corrected chi connectivity index (χ0v) is 19.1. The van der Waals surface area contributed by atoms with Crippen LogP contribution >= 0.6 is 35.3 Å². The van der Waals surface area contributed by atoms with Gasteiger partial charge in [-0.25, -0.2) is 9.98 Å². The number of rotatable bonds is 6. The number of aryl methyl sites for hydroxylation is 2. The van der Waals surface area contributed by atoms with E-state index in [0.29, 0.717) is 19.0 Å². The number of hydrogen-bond donors (Lipinski definition) is 2. The van der Waals surface area contributed by atoms with Gasteiger partial charge in [0.2, 0.25) is 5.89 Å². The molecule has 0 atom stereocenters. The highest BCUT2D eigenvalue weighted by Gasteiger charge is 2.10. The van der Waals surface area contributed by atoms with E-state index in [1.165, 1.54) is 0 Å². The molecule has 0 bridgehead atoms. The second kappa shape index (κ2) is 9.88. The van der Waals surface area contributed by atoms with E-state index >= 15 is 0 Å². The van der Waals surface area contributed by atoms with Crippen LogP contribution < -0.4 is 10.6 Å². The van der Waals surface area contributed by atoms with E-state index in [4.69, 9.17) is 4.42 Å². The molecule has 0 aliphatic carbocycles. The molecule has 9 heteroatoms. The molecule has 2 N–H and O–H groups in total. The summed E-state index contributed by atoms with van der Waals surface area (Å²) in [5, 5.41) is 13.0. The second-order valence-electron chi connectivity index (χ2n) is 5.94. The van der Waals surface area contributed by atoms with Crippen LogP contribution in [-0.4, -0.2) is 27.3 Å². The van der Waals surface area contributed by atoms with Crippen LogP contribution in [-0.2, 0) is 20.1 Å². The summed E-state index contributed by atoms with van der Waals surface area (Å²) in [5.41, 5.74) is 4.15. The Morgan fingerprint density at radius 1 is 1.33 bits per heavy atom. The molecule has 0 saturated carbocycles. The first kappa shape index (κ1) is 21.4. The quantitative estimate of drug-likeness (QED) is 0.307. The molecule has 0 fully saturated rings. The van der Waals surface area contributed by atoms with Crippen LogP contribution in [0.1, 0.15) is 29.6 Å². The maximum atomic E-state index is 5.55. The lowest BCUT2D eigenvalue weighted by Crippen LogP contribution is -2.36. The Bertz CT molecular complexity index is 884. The molecule has 0 radical (unpaired) electrons. The average molecular weight is 500 g/mol. The van der Waals surface area contributed by atoms with E-state index in [1.54, 1.807) is 17.6 Å². The van der Waals surface area contributed by atoms with Gasteiger partial charge in [-0.15, -0.1) is 35.3 Å². The second-order valence-corrected chi connectivity index (χ2v) is 6.89. The van der Waals surface area contributed by atoms with Gasteiger partial charge in [-0.1, -0.05) is 6.07 Å². The van der Waals surface area contributed by atoms with Gasteiger partial charge < -0.3 is 15.1 Å². The lowest BCUT2D eigenvalue weighted by molar-refractivity contribution is 0.573. The maximum Gasteiger partial charge on any atom is 0.236 e. The monoisotopic (exact) mass is 500 g/mol. The Balaban J connectivity index is 0.00000261. The molecule has 27 heavy (non-hydrogen) atoms. The average Bonchev–Trinajstić information content (AvgIpc) is 3.34. The molecule has 146 valence electrons.